The molecule has 1 amide bonds. The summed E-state index contributed by atoms with van der Waals surface area (Å²) in [6, 6.07) is 5.39. The first-order chi connectivity index (χ1) is 11.4. The number of anilines is 1. The topological polar surface area (TPSA) is 111 Å². The van der Waals surface area contributed by atoms with Gasteiger partial charge in [0.05, 0.1) is 16.2 Å². The molecule has 0 fully saturated rings. The first kappa shape index (κ1) is 17.3. The lowest BCUT2D eigenvalue weighted by Crippen LogP contribution is -2.21. The number of hydrogen-bond donors (Lipinski definition) is 1. The first-order valence-corrected chi connectivity index (χ1v) is 6.77. The Kier molecular flexibility index (Phi) is 5.38. The van der Waals surface area contributed by atoms with Crippen LogP contribution in [0.25, 0.3) is 0 Å². The molecule has 0 saturated carbocycles. The second kappa shape index (κ2) is 7.47. The van der Waals surface area contributed by atoms with Gasteiger partial charge in [-0.2, -0.15) is 0 Å². The van der Waals surface area contributed by atoms with Crippen LogP contribution in [0.4, 0.5) is 15.8 Å². The van der Waals surface area contributed by atoms with Gasteiger partial charge in [0.25, 0.3) is 11.6 Å². The van der Waals surface area contributed by atoms with E-state index in [1.807, 2.05) is 0 Å². The van der Waals surface area contributed by atoms with Gasteiger partial charge in [0.15, 0.2) is 6.61 Å². The normalized spacial score (nSPS) is 10.1. The molecule has 0 unspecified atom stereocenters. The van der Waals surface area contributed by atoms with Crippen molar-refractivity contribution in [2.45, 2.75) is 0 Å². The van der Waals surface area contributed by atoms with E-state index >= 15 is 0 Å². The Hall–Kier alpha value is -3.07. The third-order valence-corrected chi connectivity index (χ3v) is 2.96. The Morgan fingerprint density at radius 3 is 2.71 bits per heavy atom. The van der Waals surface area contributed by atoms with E-state index in [4.69, 9.17) is 16.3 Å². The maximum Gasteiger partial charge on any atom is 0.340 e. The Balaban J connectivity index is 1.96. The molecule has 0 aliphatic heterocycles. The van der Waals surface area contributed by atoms with Crippen molar-refractivity contribution in [1.82, 2.24) is 4.98 Å². The van der Waals surface area contributed by atoms with Gasteiger partial charge in [-0.05, 0) is 18.2 Å². The van der Waals surface area contributed by atoms with E-state index in [-0.39, 0.29) is 10.7 Å². The Morgan fingerprint density at radius 2 is 2.08 bits per heavy atom. The van der Waals surface area contributed by atoms with Gasteiger partial charge in [0.2, 0.25) is 0 Å². The number of amides is 1. The second-order valence-electron chi connectivity index (χ2n) is 4.42. The fourth-order valence-corrected chi connectivity index (χ4v) is 1.73. The highest BCUT2D eigenvalue weighted by Gasteiger charge is 2.15. The summed E-state index contributed by atoms with van der Waals surface area (Å²) in [5, 5.41) is 12.9. The van der Waals surface area contributed by atoms with Crippen molar-refractivity contribution in [1.29, 1.82) is 0 Å². The Morgan fingerprint density at radius 1 is 1.33 bits per heavy atom. The van der Waals surface area contributed by atoms with E-state index in [0.29, 0.717) is 0 Å². The van der Waals surface area contributed by atoms with Crippen LogP contribution in [0.3, 0.4) is 0 Å². The monoisotopic (exact) mass is 353 g/mol. The van der Waals surface area contributed by atoms with Crippen molar-refractivity contribution < 1.29 is 23.6 Å². The smallest absolute Gasteiger partial charge is 0.340 e. The molecule has 1 heterocycles. The molecule has 2 rings (SSSR count). The lowest BCUT2D eigenvalue weighted by atomic mass is 10.2. The van der Waals surface area contributed by atoms with Gasteiger partial charge >= 0.3 is 5.97 Å². The number of benzene rings is 1. The third kappa shape index (κ3) is 4.46. The molecule has 2 aromatic rings. The summed E-state index contributed by atoms with van der Waals surface area (Å²) in [4.78, 5) is 36.9. The molecule has 0 aliphatic rings. The summed E-state index contributed by atoms with van der Waals surface area (Å²) in [5.74, 6) is -2.54. The van der Waals surface area contributed by atoms with Gasteiger partial charge in [-0.3, -0.25) is 14.9 Å². The van der Waals surface area contributed by atoms with Crippen molar-refractivity contribution >= 4 is 34.9 Å². The van der Waals surface area contributed by atoms with Crippen LogP contribution < -0.4 is 5.32 Å². The van der Waals surface area contributed by atoms with Crippen LogP contribution in [0.15, 0.2) is 36.5 Å². The largest absolute Gasteiger partial charge is 0.452 e. The zero-order valence-electron chi connectivity index (χ0n) is 11.9. The Bertz CT molecular complexity index is 797. The third-order valence-electron chi connectivity index (χ3n) is 2.73. The molecule has 1 N–H and O–H groups in total. The SMILES string of the molecule is O=C(COC(=O)c1ccc(Cl)nc1)Nc1cc([N+](=O)[O-])ccc1F. The number of carbonyl (C=O) groups excluding carboxylic acids is 2. The molecule has 1 aromatic heterocycles. The number of rotatable bonds is 5. The molecule has 8 nitrogen and oxygen atoms in total. The number of hydrogen-bond acceptors (Lipinski definition) is 6. The Labute approximate surface area is 139 Å². The first-order valence-electron chi connectivity index (χ1n) is 6.39. The van der Waals surface area contributed by atoms with E-state index in [1.54, 1.807) is 0 Å². The van der Waals surface area contributed by atoms with E-state index in [0.717, 1.165) is 18.2 Å². The minimum atomic E-state index is -0.859. The summed E-state index contributed by atoms with van der Waals surface area (Å²) in [7, 11) is 0. The summed E-state index contributed by atoms with van der Waals surface area (Å²) in [6.07, 6.45) is 1.17. The highest BCUT2D eigenvalue weighted by Crippen LogP contribution is 2.21. The molecule has 1 aromatic carbocycles. The molecule has 124 valence electrons. The predicted molar refractivity (Wildman–Crippen MR) is 81.2 cm³/mol. The number of esters is 1. The van der Waals surface area contributed by atoms with Crippen LogP contribution in [0.5, 0.6) is 0 Å². The molecule has 0 aliphatic carbocycles. The van der Waals surface area contributed by atoms with Crippen LogP contribution >= 0.6 is 11.6 Å². The number of non-ortho nitro benzene ring substituents is 1. The average molecular weight is 354 g/mol. The standard InChI is InChI=1S/C14H9ClFN3O5/c15-12-4-1-8(6-17-12)14(21)24-7-13(20)18-11-5-9(19(22)23)2-3-10(11)16/h1-6H,7H2,(H,18,20). The van der Waals surface area contributed by atoms with Crippen molar-refractivity contribution in [2.24, 2.45) is 0 Å². The molecule has 10 heteroatoms. The van der Waals surface area contributed by atoms with Crippen LogP contribution in [0, 0.1) is 15.9 Å². The van der Waals surface area contributed by atoms with Crippen molar-refractivity contribution in [3.8, 4) is 0 Å². The highest BCUT2D eigenvalue weighted by molar-refractivity contribution is 6.29. The van der Waals surface area contributed by atoms with Crippen LogP contribution in [-0.4, -0.2) is 28.4 Å². The number of nitrogens with one attached hydrogen (secondary N) is 1. The van der Waals surface area contributed by atoms with Crippen LogP contribution in [0.1, 0.15) is 10.4 Å². The van der Waals surface area contributed by atoms with E-state index in [9.17, 15) is 24.1 Å². The number of aromatic nitrogens is 1. The summed E-state index contributed by atoms with van der Waals surface area (Å²) in [6.45, 7) is -0.705. The number of carbonyl (C=O) groups is 2. The molecule has 0 radical (unpaired) electrons. The zero-order valence-corrected chi connectivity index (χ0v) is 12.6. The summed E-state index contributed by atoms with van der Waals surface area (Å²) in [5.41, 5.74) is -0.705. The lowest BCUT2D eigenvalue weighted by Gasteiger charge is -2.07. The lowest BCUT2D eigenvalue weighted by molar-refractivity contribution is -0.384. The second-order valence-corrected chi connectivity index (χ2v) is 4.80. The maximum atomic E-state index is 13.5. The van der Waals surface area contributed by atoms with E-state index < -0.39 is 40.6 Å². The van der Waals surface area contributed by atoms with Gasteiger partial charge < -0.3 is 10.1 Å². The van der Waals surface area contributed by atoms with Gasteiger partial charge in [-0.25, -0.2) is 14.2 Å². The van der Waals surface area contributed by atoms with E-state index in [1.165, 1.54) is 18.3 Å². The molecule has 0 saturated heterocycles. The fourth-order valence-electron chi connectivity index (χ4n) is 1.62. The number of nitro groups is 1. The van der Waals surface area contributed by atoms with Crippen LogP contribution in [0.2, 0.25) is 5.15 Å². The van der Waals surface area contributed by atoms with Gasteiger partial charge in [0.1, 0.15) is 11.0 Å². The highest BCUT2D eigenvalue weighted by atomic mass is 35.5. The molecule has 0 atom stereocenters. The maximum absolute atomic E-state index is 13.5. The minimum absolute atomic E-state index is 0.0775. The molecule has 24 heavy (non-hydrogen) atoms. The van der Waals surface area contributed by atoms with Crippen molar-refractivity contribution in [2.75, 3.05) is 11.9 Å². The number of pyridine rings is 1. The number of halogens is 2. The van der Waals surface area contributed by atoms with Gasteiger partial charge in [-0.15, -0.1) is 0 Å². The molecule has 0 spiro atoms. The molecular formula is C14H9ClFN3O5. The number of nitrogens with zero attached hydrogens (tertiary/aromatic N) is 2. The van der Waals surface area contributed by atoms with E-state index in [2.05, 4.69) is 10.3 Å². The van der Waals surface area contributed by atoms with Crippen LogP contribution in [-0.2, 0) is 9.53 Å². The quantitative estimate of drug-likeness (QED) is 0.382. The predicted octanol–water partition coefficient (Wildman–Crippen LogP) is 2.58. The van der Waals surface area contributed by atoms with Crippen molar-refractivity contribution in [3.63, 3.8) is 0 Å². The average Bonchev–Trinajstić information content (AvgIpc) is 2.55. The zero-order chi connectivity index (χ0) is 17.7. The van der Waals surface area contributed by atoms with Gasteiger partial charge in [-0.1, -0.05) is 11.6 Å². The number of nitro benzene ring substituents is 1. The van der Waals surface area contributed by atoms with Crippen molar-refractivity contribution in [3.05, 3.63) is 63.2 Å². The van der Waals surface area contributed by atoms with Gasteiger partial charge in [0, 0.05) is 18.3 Å². The molecular weight excluding hydrogens is 345 g/mol. The summed E-state index contributed by atoms with van der Waals surface area (Å²) < 4.78 is 18.3. The minimum Gasteiger partial charge on any atom is -0.452 e. The fraction of sp³-hybridized carbons (Fsp3) is 0.0714. The number of ether oxygens (including phenoxy) is 1. The molecule has 0 bridgehead atoms. The summed E-state index contributed by atoms with van der Waals surface area (Å²) >= 11 is 5.57.